The second kappa shape index (κ2) is 7.48. The Hall–Kier alpha value is -1.35. The number of nitrogens with one attached hydrogen (secondary N) is 1. The molecule has 0 radical (unpaired) electrons. The van der Waals surface area contributed by atoms with E-state index in [0.29, 0.717) is 12.8 Å². The predicted octanol–water partition coefficient (Wildman–Crippen LogP) is 2.97. The molecule has 1 aliphatic carbocycles. The fourth-order valence-electron chi connectivity index (χ4n) is 2.47. The zero-order valence-electron chi connectivity index (χ0n) is 12.2. The van der Waals surface area contributed by atoms with Crippen molar-refractivity contribution < 1.29 is 27.6 Å². The van der Waals surface area contributed by atoms with Crippen molar-refractivity contribution >= 4 is 33.4 Å². The number of ether oxygens (including phenoxy) is 1. The molecule has 0 amide bonds. The Labute approximate surface area is 139 Å². The fourth-order valence-corrected chi connectivity index (χ4v) is 3.25. The molecule has 7 nitrogen and oxygen atoms in total. The van der Waals surface area contributed by atoms with Crippen LogP contribution in [0.15, 0.2) is 18.2 Å². The first-order valence-electron chi connectivity index (χ1n) is 7.18. The second-order valence-electron chi connectivity index (χ2n) is 5.39. The summed E-state index contributed by atoms with van der Waals surface area (Å²) in [6, 6.07) is 3.93. The average molecular weight is 364 g/mol. The van der Waals surface area contributed by atoms with Gasteiger partial charge in [-0.1, -0.05) is 30.9 Å². The number of aromatic carboxylic acids is 1. The van der Waals surface area contributed by atoms with Crippen molar-refractivity contribution in [1.29, 1.82) is 0 Å². The van der Waals surface area contributed by atoms with Gasteiger partial charge in [-0.3, -0.25) is 4.55 Å². The Morgan fingerprint density at radius 1 is 1.30 bits per heavy atom. The van der Waals surface area contributed by atoms with Gasteiger partial charge in [-0.2, -0.15) is 8.42 Å². The number of carboxylic acid groups (broad SMARTS) is 1. The fraction of sp³-hybridized carbons (Fsp3) is 0.500. The number of carbonyl (C=O) groups is 1. The molecule has 3 N–H and O–H groups in total. The summed E-state index contributed by atoms with van der Waals surface area (Å²) in [5, 5.41) is 11.6. The highest BCUT2D eigenvalue weighted by atomic mass is 35.5. The van der Waals surface area contributed by atoms with Crippen molar-refractivity contribution in [3.63, 3.8) is 0 Å². The molecule has 0 heterocycles. The molecule has 1 atom stereocenters. The van der Waals surface area contributed by atoms with E-state index in [-0.39, 0.29) is 22.4 Å². The lowest BCUT2D eigenvalue weighted by atomic mass is 9.98. The predicted molar refractivity (Wildman–Crippen MR) is 85.3 cm³/mol. The Morgan fingerprint density at radius 2 is 1.96 bits per heavy atom. The van der Waals surface area contributed by atoms with E-state index in [1.807, 2.05) is 0 Å². The van der Waals surface area contributed by atoms with Gasteiger partial charge in [-0.15, -0.1) is 0 Å². The standard InChI is InChI=1S/C14H18ClNO6S/c15-12-7-6-9(8-11(12)13(17)18)16-14(23(19,20)21)22-10-4-2-1-3-5-10/h6-8,10,14,16H,1-5H2,(H,17,18)(H,19,20,21). The zero-order valence-corrected chi connectivity index (χ0v) is 13.8. The van der Waals surface area contributed by atoms with Gasteiger partial charge in [0.15, 0.2) is 0 Å². The van der Waals surface area contributed by atoms with Crippen molar-refractivity contribution in [2.24, 2.45) is 0 Å². The van der Waals surface area contributed by atoms with Crippen LogP contribution in [0.5, 0.6) is 0 Å². The summed E-state index contributed by atoms with van der Waals surface area (Å²) in [5.41, 5.74) is -1.66. The van der Waals surface area contributed by atoms with Gasteiger partial charge in [-0.05, 0) is 31.0 Å². The Bertz CT molecular complexity index is 672. The summed E-state index contributed by atoms with van der Waals surface area (Å²) in [4.78, 5) is 11.1. The molecule has 23 heavy (non-hydrogen) atoms. The first kappa shape index (κ1) is 18.0. The highest BCUT2D eigenvalue weighted by Gasteiger charge is 2.28. The molecule has 0 aromatic heterocycles. The number of hydrogen-bond acceptors (Lipinski definition) is 5. The first-order valence-corrected chi connectivity index (χ1v) is 9.06. The molecule has 2 rings (SSSR count). The van der Waals surface area contributed by atoms with Crippen LogP contribution in [0, 0.1) is 0 Å². The van der Waals surface area contributed by atoms with Gasteiger partial charge in [0.1, 0.15) is 0 Å². The third-order valence-electron chi connectivity index (χ3n) is 3.62. The average Bonchev–Trinajstić information content (AvgIpc) is 2.48. The summed E-state index contributed by atoms with van der Waals surface area (Å²) in [6.45, 7) is 0. The van der Waals surface area contributed by atoms with Gasteiger partial charge in [0.2, 0.25) is 0 Å². The van der Waals surface area contributed by atoms with Crippen LogP contribution < -0.4 is 5.32 Å². The van der Waals surface area contributed by atoms with Crippen LogP contribution in [0.3, 0.4) is 0 Å². The lowest BCUT2D eigenvalue weighted by Gasteiger charge is -2.27. The summed E-state index contributed by atoms with van der Waals surface area (Å²) >= 11 is 5.77. The third kappa shape index (κ3) is 5.07. The van der Waals surface area contributed by atoms with Crippen molar-refractivity contribution in [1.82, 2.24) is 0 Å². The number of carboxylic acids is 1. The van der Waals surface area contributed by atoms with Gasteiger partial charge in [0.05, 0.1) is 16.7 Å². The zero-order chi connectivity index (χ0) is 17.0. The van der Waals surface area contributed by atoms with Crippen LogP contribution in [0.1, 0.15) is 42.5 Å². The molecule has 1 unspecified atom stereocenters. The minimum absolute atomic E-state index is 0.0275. The van der Waals surface area contributed by atoms with Gasteiger partial charge in [-0.25, -0.2) is 4.79 Å². The van der Waals surface area contributed by atoms with E-state index < -0.39 is 21.6 Å². The van der Waals surface area contributed by atoms with Crippen LogP contribution in [-0.4, -0.2) is 35.7 Å². The molecule has 0 spiro atoms. The summed E-state index contributed by atoms with van der Waals surface area (Å²) in [5.74, 6) is -1.24. The van der Waals surface area contributed by atoms with Crippen LogP contribution in [0.4, 0.5) is 5.69 Å². The van der Waals surface area contributed by atoms with Crippen LogP contribution in [-0.2, 0) is 14.9 Å². The lowest BCUT2D eigenvalue weighted by Crippen LogP contribution is -2.36. The maximum Gasteiger partial charge on any atom is 0.337 e. The van der Waals surface area contributed by atoms with Crippen LogP contribution >= 0.6 is 11.6 Å². The summed E-state index contributed by atoms with van der Waals surface area (Å²) in [7, 11) is -4.52. The Kier molecular flexibility index (Phi) is 5.85. The summed E-state index contributed by atoms with van der Waals surface area (Å²) in [6.07, 6.45) is 4.11. The minimum Gasteiger partial charge on any atom is -0.478 e. The van der Waals surface area contributed by atoms with E-state index in [9.17, 15) is 17.8 Å². The largest absolute Gasteiger partial charge is 0.478 e. The second-order valence-corrected chi connectivity index (χ2v) is 7.25. The Balaban J connectivity index is 2.17. The SMILES string of the molecule is O=C(O)c1cc(NC(OC2CCCCC2)S(=O)(=O)O)ccc1Cl. The molecule has 1 fully saturated rings. The monoisotopic (exact) mass is 363 g/mol. The van der Waals surface area contributed by atoms with E-state index in [1.165, 1.54) is 18.2 Å². The van der Waals surface area contributed by atoms with Crippen molar-refractivity contribution in [2.45, 2.75) is 43.8 Å². The van der Waals surface area contributed by atoms with Gasteiger partial charge >= 0.3 is 16.1 Å². The molecule has 1 aromatic carbocycles. The molecular weight excluding hydrogens is 346 g/mol. The van der Waals surface area contributed by atoms with E-state index in [0.717, 1.165) is 19.3 Å². The van der Waals surface area contributed by atoms with Crippen molar-refractivity contribution in [3.8, 4) is 0 Å². The molecular formula is C14H18ClNO6S. The number of rotatable bonds is 6. The topological polar surface area (TPSA) is 113 Å². The lowest BCUT2D eigenvalue weighted by molar-refractivity contribution is 0.0159. The van der Waals surface area contributed by atoms with Gasteiger partial charge < -0.3 is 15.2 Å². The van der Waals surface area contributed by atoms with Gasteiger partial charge in [0.25, 0.3) is 5.56 Å². The third-order valence-corrected chi connectivity index (χ3v) is 4.72. The number of anilines is 1. The quantitative estimate of drug-likeness (QED) is 0.526. The molecule has 128 valence electrons. The number of hydrogen-bond donors (Lipinski definition) is 3. The molecule has 0 aliphatic heterocycles. The van der Waals surface area contributed by atoms with Crippen molar-refractivity contribution in [3.05, 3.63) is 28.8 Å². The first-order chi connectivity index (χ1) is 10.8. The Morgan fingerprint density at radius 3 is 2.52 bits per heavy atom. The molecule has 1 aliphatic rings. The smallest absolute Gasteiger partial charge is 0.337 e. The molecule has 0 bridgehead atoms. The molecule has 1 aromatic rings. The molecule has 0 saturated heterocycles. The maximum atomic E-state index is 11.5. The summed E-state index contributed by atoms with van der Waals surface area (Å²) < 4.78 is 37.8. The maximum absolute atomic E-state index is 11.5. The van der Waals surface area contributed by atoms with Crippen LogP contribution in [0.25, 0.3) is 0 Å². The van der Waals surface area contributed by atoms with E-state index >= 15 is 0 Å². The number of halogens is 1. The van der Waals surface area contributed by atoms with E-state index in [2.05, 4.69) is 5.32 Å². The highest BCUT2D eigenvalue weighted by molar-refractivity contribution is 7.86. The normalized spacial score (nSPS) is 17.7. The molecule has 1 saturated carbocycles. The number of benzene rings is 1. The van der Waals surface area contributed by atoms with Crippen molar-refractivity contribution in [2.75, 3.05) is 5.32 Å². The van der Waals surface area contributed by atoms with Gasteiger partial charge in [0, 0.05) is 5.69 Å². The highest BCUT2D eigenvalue weighted by Crippen LogP contribution is 2.25. The van der Waals surface area contributed by atoms with Crippen LogP contribution in [0.2, 0.25) is 5.02 Å². The minimum atomic E-state index is -4.52. The molecule has 9 heteroatoms. The van der Waals surface area contributed by atoms with E-state index in [4.69, 9.17) is 21.4 Å². The van der Waals surface area contributed by atoms with E-state index in [1.54, 1.807) is 0 Å².